The number of anilines is 1. The summed E-state index contributed by atoms with van der Waals surface area (Å²) in [6.45, 7) is 4.38. The first-order valence-electron chi connectivity index (χ1n) is 8.67. The molecular formula is C18H23N5O3S. The second-order valence-electron chi connectivity index (χ2n) is 6.49. The summed E-state index contributed by atoms with van der Waals surface area (Å²) < 4.78 is 22.8. The Morgan fingerprint density at radius 3 is 2.48 bits per heavy atom. The number of nitrogens with one attached hydrogen (secondary N) is 1. The highest BCUT2D eigenvalue weighted by Gasteiger charge is 2.19. The standard InChI is InChI=1S/C18H23N5O3S/c19-27(25,26)17-6-3-5-15(12-17)21-18(24)14-23-10-8-22(9-11-23)13-16-4-1-2-7-20-16/h1-7,12H,8-11,13-14H2,(H,21,24)(H2,19,25,26). The van der Waals surface area contributed by atoms with Crippen molar-refractivity contribution in [1.82, 2.24) is 14.8 Å². The fraction of sp³-hybridized carbons (Fsp3) is 0.333. The molecule has 3 N–H and O–H groups in total. The molecule has 144 valence electrons. The van der Waals surface area contributed by atoms with Gasteiger partial charge in [0.15, 0.2) is 0 Å². The van der Waals surface area contributed by atoms with E-state index in [1.54, 1.807) is 18.3 Å². The van der Waals surface area contributed by atoms with Crippen molar-refractivity contribution in [1.29, 1.82) is 0 Å². The predicted octanol–water partition coefficient (Wildman–Crippen LogP) is 0.485. The van der Waals surface area contributed by atoms with E-state index in [4.69, 9.17) is 5.14 Å². The molecule has 0 spiro atoms. The summed E-state index contributed by atoms with van der Waals surface area (Å²) in [4.78, 5) is 21.0. The summed E-state index contributed by atoms with van der Waals surface area (Å²) in [7, 11) is -3.79. The number of nitrogens with two attached hydrogens (primary N) is 1. The second-order valence-corrected chi connectivity index (χ2v) is 8.06. The van der Waals surface area contributed by atoms with Crippen molar-refractivity contribution in [2.24, 2.45) is 5.14 Å². The minimum atomic E-state index is -3.79. The third-order valence-corrected chi connectivity index (χ3v) is 5.30. The van der Waals surface area contributed by atoms with Crippen LogP contribution < -0.4 is 10.5 Å². The molecule has 9 heteroatoms. The molecule has 2 aromatic rings. The van der Waals surface area contributed by atoms with Crippen LogP contribution in [0.25, 0.3) is 0 Å². The van der Waals surface area contributed by atoms with Gasteiger partial charge in [0.2, 0.25) is 15.9 Å². The molecule has 27 heavy (non-hydrogen) atoms. The minimum absolute atomic E-state index is 0.0246. The molecular weight excluding hydrogens is 366 g/mol. The molecule has 0 atom stereocenters. The molecule has 1 saturated heterocycles. The first-order valence-corrected chi connectivity index (χ1v) is 10.2. The molecule has 1 aliphatic heterocycles. The summed E-state index contributed by atoms with van der Waals surface area (Å²) in [6.07, 6.45) is 1.79. The molecule has 0 radical (unpaired) electrons. The predicted molar refractivity (Wildman–Crippen MR) is 102 cm³/mol. The number of benzene rings is 1. The van der Waals surface area contributed by atoms with E-state index in [-0.39, 0.29) is 17.3 Å². The Balaban J connectivity index is 1.47. The van der Waals surface area contributed by atoms with Gasteiger partial charge in [-0.25, -0.2) is 13.6 Å². The molecule has 0 aliphatic carbocycles. The summed E-state index contributed by atoms with van der Waals surface area (Å²) in [5, 5.41) is 7.84. The zero-order valence-corrected chi connectivity index (χ0v) is 15.7. The van der Waals surface area contributed by atoms with Gasteiger partial charge in [-0.05, 0) is 30.3 Å². The highest BCUT2D eigenvalue weighted by molar-refractivity contribution is 7.89. The molecule has 2 heterocycles. The van der Waals surface area contributed by atoms with Gasteiger partial charge in [0.05, 0.1) is 17.1 Å². The molecule has 1 amide bonds. The Labute approximate surface area is 159 Å². The van der Waals surface area contributed by atoms with Crippen LogP contribution in [-0.4, -0.2) is 61.8 Å². The Morgan fingerprint density at radius 1 is 1.07 bits per heavy atom. The van der Waals surface area contributed by atoms with Crippen molar-refractivity contribution in [3.63, 3.8) is 0 Å². The van der Waals surface area contributed by atoms with Gasteiger partial charge >= 0.3 is 0 Å². The molecule has 3 rings (SSSR count). The van der Waals surface area contributed by atoms with Gasteiger partial charge in [0, 0.05) is 44.6 Å². The van der Waals surface area contributed by atoms with Gasteiger partial charge in [-0.15, -0.1) is 0 Å². The number of hydrogen-bond acceptors (Lipinski definition) is 6. The second kappa shape index (κ2) is 8.57. The van der Waals surface area contributed by atoms with E-state index in [1.807, 2.05) is 18.2 Å². The highest BCUT2D eigenvalue weighted by atomic mass is 32.2. The molecule has 1 aliphatic rings. The number of piperazine rings is 1. The van der Waals surface area contributed by atoms with Crippen molar-refractivity contribution in [3.8, 4) is 0 Å². The molecule has 8 nitrogen and oxygen atoms in total. The lowest BCUT2D eigenvalue weighted by Crippen LogP contribution is -2.48. The lowest BCUT2D eigenvalue weighted by Gasteiger charge is -2.34. The van der Waals surface area contributed by atoms with Crippen LogP contribution in [0.4, 0.5) is 5.69 Å². The summed E-state index contributed by atoms with van der Waals surface area (Å²) in [6, 6.07) is 11.8. The highest BCUT2D eigenvalue weighted by Crippen LogP contribution is 2.14. The number of carbonyl (C=O) groups excluding carboxylic acids is 1. The SMILES string of the molecule is NS(=O)(=O)c1cccc(NC(=O)CN2CCN(Cc3ccccn3)CC2)c1. The number of hydrogen-bond donors (Lipinski definition) is 2. The maximum absolute atomic E-state index is 12.3. The summed E-state index contributed by atoms with van der Waals surface area (Å²) in [5.41, 5.74) is 1.46. The first kappa shape index (κ1) is 19.4. The van der Waals surface area contributed by atoms with Gasteiger partial charge < -0.3 is 5.32 Å². The minimum Gasteiger partial charge on any atom is -0.325 e. The fourth-order valence-electron chi connectivity index (χ4n) is 2.98. The van der Waals surface area contributed by atoms with Gasteiger partial charge in [-0.3, -0.25) is 19.6 Å². The van der Waals surface area contributed by atoms with E-state index in [0.29, 0.717) is 5.69 Å². The Kier molecular flexibility index (Phi) is 6.17. The Hall–Kier alpha value is -2.33. The number of aromatic nitrogens is 1. The van der Waals surface area contributed by atoms with E-state index in [1.165, 1.54) is 12.1 Å². The number of carbonyl (C=O) groups is 1. The summed E-state index contributed by atoms with van der Waals surface area (Å²) >= 11 is 0. The Bertz CT molecular complexity index is 881. The van der Waals surface area contributed by atoms with Crippen molar-refractivity contribution < 1.29 is 13.2 Å². The maximum atomic E-state index is 12.3. The normalized spacial score (nSPS) is 16.2. The van der Waals surface area contributed by atoms with Crippen LogP contribution in [0.15, 0.2) is 53.6 Å². The molecule has 1 fully saturated rings. The number of pyridine rings is 1. The van der Waals surface area contributed by atoms with E-state index in [9.17, 15) is 13.2 Å². The zero-order chi connectivity index (χ0) is 19.3. The van der Waals surface area contributed by atoms with Gasteiger partial charge in [-0.2, -0.15) is 0 Å². The van der Waals surface area contributed by atoms with E-state index in [2.05, 4.69) is 20.1 Å². The lowest BCUT2D eigenvalue weighted by molar-refractivity contribution is -0.117. The van der Waals surface area contributed by atoms with Crippen LogP contribution >= 0.6 is 0 Å². The Morgan fingerprint density at radius 2 is 1.81 bits per heavy atom. The first-order chi connectivity index (χ1) is 12.9. The number of rotatable bonds is 6. The summed E-state index contributed by atoms with van der Waals surface area (Å²) in [5.74, 6) is -0.181. The quantitative estimate of drug-likeness (QED) is 0.744. The lowest BCUT2D eigenvalue weighted by atomic mass is 10.2. The van der Waals surface area contributed by atoms with Gasteiger partial charge in [-0.1, -0.05) is 12.1 Å². The smallest absolute Gasteiger partial charge is 0.238 e. The van der Waals surface area contributed by atoms with Crippen LogP contribution in [0.2, 0.25) is 0 Å². The van der Waals surface area contributed by atoms with Crippen molar-refractivity contribution >= 4 is 21.6 Å². The molecule has 0 unspecified atom stereocenters. The van der Waals surface area contributed by atoms with Crippen molar-refractivity contribution in [2.75, 3.05) is 38.0 Å². The number of amides is 1. The van der Waals surface area contributed by atoms with E-state index >= 15 is 0 Å². The third-order valence-electron chi connectivity index (χ3n) is 4.39. The molecule has 1 aromatic carbocycles. The van der Waals surface area contributed by atoms with Crippen LogP contribution in [0.3, 0.4) is 0 Å². The number of sulfonamides is 1. The van der Waals surface area contributed by atoms with Crippen LogP contribution in [0, 0.1) is 0 Å². The van der Waals surface area contributed by atoms with Crippen molar-refractivity contribution in [2.45, 2.75) is 11.4 Å². The molecule has 0 saturated carbocycles. The molecule has 1 aromatic heterocycles. The number of nitrogens with zero attached hydrogens (tertiary/aromatic N) is 3. The third kappa shape index (κ3) is 5.83. The van der Waals surface area contributed by atoms with E-state index in [0.717, 1.165) is 38.4 Å². The van der Waals surface area contributed by atoms with Crippen LogP contribution in [-0.2, 0) is 21.4 Å². The topological polar surface area (TPSA) is 109 Å². The van der Waals surface area contributed by atoms with Gasteiger partial charge in [0.1, 0.15) is 0 Å². The van der Waals surface area contributed by atoms with E-state index < -0.39 is 10.0 Å². The number of primary sulfonamides is 1. The molecule has 0 bridgehead atoms. The zero-order valence-electron chi connectivity index (χ0n) is 14.9. The van der Waals surface area contributed by atoms with Crippen LogP contribution in [0.5, 0.6) is 0 Å². The average molecular weight is 389 g/mol. The van der Waals surface area contributed by atoms with Crippen molar-refractivity contribution in [3.05, 3.63) is 54.4 Å². The van der Waals surface area contributed by atoms with Gasteiger partial charge in [0.25, 0.3) is 0 Å². The fourth-order valence-corrected chi connectivity index (χ4v) is 3.54. The average Bonchev–Trinajstić information content (AvgIpc) is 2.64. The monoisotopic (exact) mass is 389 g/mol. The maximum Gasteiger partial charge on any atom is 0.238 e. The largest absolute Gasteiger partial charge is 0.325 e. The van der Waals surface area contributed by atoms with Crippen LogP contribution in [0.1, 0.15) is 5.69 Å².